The fraction of sp³-hybridized carbons (Fsp3) is 0.364. The molecule has 0 saturated carbocycles. The Labute approximate surface area is 323 Å². The molecule has 5 aromatic rings. The number of aromatic nitrogens is 3. The third kappa shape index (κ3) is 6.47. The fourth-order valence-electron chi connectivity index (χ4n) is 9.48. The minimum absolute atomic E-state index is 0.0382. The van der Waals surface area contributed by atoms with Crippen molar-refractivity contribution in [2.45, 2.75) is 75.5 Å². The van der Waals surface area contributed by atoms with E-state index >= 15 is 4.79 Å². The molecule has 8 rings (SSSR count). The van der Waals surface area contributed by atoms with Crippen LogP contribution in [-0.2, 0) is 33.0 Å². The molecule has 5 atom stereocenters. The van der Waals surface area contributed by atoms with E-state index in [0.29, 0.717) is 31.6 Å². The van der Waals surface area contributed by atoms with E-state index in [1.54, 1.807) is 7.11 Å². The van der Waals surface area contributed by atoms with Crippen molar-refractivity contribution in [2.24, 2.45) is 5.92 Å². The maximum absolute atomic E-state index is 15.2. The average Bonchev–Trinajstić information content (AvgIpc) is 3.98. The van der Waals surface area contributed by atoms with Gasteiger partial charge in [-0.1, -0.05) is 103 Å². The molecule has 10 nitrogen and oxygen atoms in total. The SMILES string of the molecule is COc1ccc([Si](C)(C)[C@H]2[C@H](CCn3cc(C(CO)c4ccccc4)nn3)O[C@@]3(C(=O)N(Cc4ccc(N5CCCC5=O)cc4)c4ccccc43)[C@@H]2C)cc1. The van der Waals surface area contributed by atoms with Crippen LogP contribution in [0.3, 0.4) is 0 Å². The summed E-state index contributed by atoms with van der Waals surface area (Å²) in [6.07, 6.45) is 3.76. The number of fused-ring (bicyclic) bond motifs is 2. The molecule has 2 amide bonds. The van der Waals surface area contributed by atoms with Crippen LogP contribution in [0.5, 0.6) is 5.75 Å². The van der Waals surface area contributed by atoms with Crippen molar-refractivity contribution in [1.82, 2.24) is 15.0 Å². The highest BCUT2D eigenvalue weighted by Crippen LogP contribution is 2.60. The molecule has 0 bridgehead atoms. The molecule has 4 aromatic carbocycles. The highest BCUT2D eigenvalue weighted by Gasteiger charge is 2.66. The van der Waals surface area contributed by atoms with Crippen molar-refractivity contribution in [2.75, 3.05) is 30.1 Å². The number of nitrogens with zero attached hydrogens (tertiary/aromatic N) is 5. The Hall–Kier alpha value is -5.10. The van der Waals surface area contributed by atoms with E-state index in [2.05, 4.69) is 48.5 Å². The Morgan fingerprint density at radius 1 is 0.964 bits per heavy atom. The standard InChI is InChI=1S/C44H49N5O5Si/c1-30-42(55(3,4)35-22-20-34(53-2)21-23-35)40(24-26-47-28-38(45-46-47)36(29-50)32-11-6-5-7-12-32)54-44(30)37-13-8-9-14-39(37)49(43(44)52)27-31-16-18-33(19-17-31)48-25-10-15-41(48)51/h5-9,11-14,16-23,28,30,36,40,42,50H,10,15,24-27,29H2,1-4H3/t30-,36?,40+,42-,44+/m1/s1. The lowest BCUT2D eigenvalue weighted by Crippen LogP contribution is -2.51. The van der Waals surface area contributed by atoms with Crippen LogP contribution in [0.25, 0.3) is 0 Å². The summed E-state index contributed by atoms with van der Waals surface area (Å²) in [6, 6.07) is 34.4. The number of hydrogen-bond acceptors (Lipinski definition) is 7. The monoisotopic (exact) mass is 755 g/mol. The zero-order chi connectivity index (χ0) is 38.3. The van der Waals surface area contributed by atoms with Gasteiger partial charge in [0, 0.05) is 42.9 Å². The van der Waals surface area contributed by atoms with Gasteiger partial charge in [-0.05, 0) is 59.8 Å². The number of carbonyl (C=O) groups excluding carboxylic acids is 2. The molecule has 11 heteroatoms. The van der Waals surface area contributed by atoms with E-state index in [0.717, 1.165) is 46.8 Å². The number of aliphatic hydroxyl groups is 1. The number of anilines is 2. The minimum atomic E-state index is -2.34. The van der Waals surface area contributed by atoms with E-state index < -0.39 is 13.7 Å². The lowest BCUT2D eigenvalue weighted by atomic mass is 9.82. The molecule has 1 N–H and O–H groups in total. The molecular weight excluding hydrogens is 707 g/mol. The maximum atomic E-state index is 15.2. The summed E-state index contributed by atoms with van der Waals surface area (Å²) in [5, 5.41) is 20.5. The zero-order valence-electron chi connectivity index (χ0n) is 32.0. The van der Waals surface area contributed by atoms with Gasteiger partial charge in [0.05, 0.1) is 51.7 Å². The van der Waals surface area contributed by atoms with Gasteiger partial charge in [0.15, 0.2) is 5.60 Å². The normalized spacial score (nSPS) is 22.8. The van der Waals surface area contributed by atoms with Crippen LogP contribution in [0.15, 0.2) is 109 Å². The van der Waals surface area contributed by atoms with Gasteiger partial charge in [-0.3, -0.25) is 14.3 Å². The second-order valence-electron chi connectivity index (χ2n) is 15.7. The minimum Gasteiger partial charge on any atom is -0.497 e. The largest absolute Gasteiger partial charge is 0.497 e. The highest BCUT2D eigenvalue weighted by atomic mass is 28.3. The van der Waals surface area contributed by atoms with Crippen molar-refractivity contribution < 1.29 is 24.2 Å². The summed E-state index contributed by atoms with van der Waals surface area (Å²) in [5.41, 5.74) is 4.28. The van der Waals surface area contributed by atoms with Crippen molar-refractivity contribution in [3.05, 3.63) is 132 Å². The van der Waals surface area contributed by atoms with Gasteiger partial charge in [-0.25, -0.2) is 0 Å². The van der Waals surface area contributed by atoms with Crippen molar-refractivity contribution in [1.29, 1.82) is 0 Å². The molecule has 1 unspecified atom stereocenters. The average molecular weight is 756 g/mol. The number of methoxy groups -OCH3 is 1. The van der Waals surface area contributed by atoms with Crippen LogP contribution in [0, 0.1) is 5.92 Å². The van der Waals surface area contributed by atoms with Crippen molar-refractivity contribution >= 4 is 36.4 Å². The summed E-state index contributed by atoms with van der Waals surface area (Å²) in [5.74, 6) is 0.524. The van der Waals surface area contributed by atoms with Gasteiger partial charge >= 0.3 is 0 Å². The second kappa shape index (κ2) is 14.9. The van der Waals surface area contributed by atoms with E-state index in [1.807, 2.05) is 106 Å². The van der Waals surface area contributed by atoms with Gasteiger partial charge in [0.1, 0.15) is 5.75 Å². The highest BCUT2D eigenvalue weighted by molar-refractivity contribution is 6.91. The molecule has 3 aliphatic rings. The molecule has 55 heavy (non-hydrogen) atoms. The number of carbonyl (C=O) groups is 2. The predicted molar refractivity (Wildman–Crippen MR) is 215 cm³/mol. The number of amides is 2. The van der Waals surface area contributed by atoms with E-state index in [9.17, 15) is 9.90 Å². The number of aliphatic hydroxyl groups excluding tert-OH is 1. The molecule has 4 heterocycles. The number of rotatable bonds is 12. The smallest absolute Gasteiger partial charge is 0.264 e. The number of para-hydroxylation sites is 1. The number of ether oxygens (including phenoxy) is 2. The zero-order valence-corrected chi connectivity index (χ0v) is 33.0. The first-order chi connectivity index (χ1) is 26.6. The van der Waals surface area contributed by atoms with Crippen LogP contribution in [0.2, 0.25) is 18.6 Å². The summed E-state index contributed by atoms with van der Waals surface area (Å²) in [6.45, 7) is 8.59. The van der Waals surface area contributed by atoms with Crippen molar-refractivity contribution in [3.63, 3.8) is 0 Å². The van der Waals surface area contributed by atoms with Crippen LogP contribution >= 0.6 is 0 Å². The third-order valence-corrected chi connectivity index (χ3v) is 16.7. The van der Waals surface area contributed by atoms with Gasteiger partial charge in [0.25, 0.3) is 5.91 Å². The summed E-state index contributed by atoms with van der Waals surface area (Å²) < 4.78 is 14.7. The Bertz CT molecular complexity index is 2160. The Morgan fingerprint density at radius 3 is 2.38 bits per heavy atom. The van der Waals surface area contributed by atoms with Gasteiger partial charge in [0.2, 0.25) is 5.91 Å². The van der Waals surface area contributed by atoms with Crippen molar-refractivity contribution in [3.8, 4) is 5.75 Å². The lowest BCUT2D eigenvalue weighted by molar-refractivity contribution is -0.146. The number of aryl methyl sites for hydroxylation is 1. The maximum Gasteiger partial charge on any atom is 0.264 e. The lowest BCUT2D eigenvalue weighted by Gasteiger charge is -2.37. The van der Waals surface area contributed by atoms with Crippen LogP contribution in [0.4, 0.5) is 11.4 Å². The summed E-state index contributed by atoms with van der Waals surface area (Å²) in [4.78, 5) is 31.3. The molecule has 2 saturated heterocycles. The van der Waals surface area contributed by atoms with Gasteiger partial charge < -0.3 is 24.4 Å². The van der Waals surface area contributed by atoms with E-state index in [-0.39, 0.29) is 41.9 Å². The van der Waals surface area contributed by atoms with Crippen LogP contribution in [0.1, 0.15) is 54.5 Å². The number of hydrogen-bond donors (Lipinski definition) is 1. The first-order valence-electron chi connectivity index (χ1n) is 19.3. The molecule has 1 spiro atoms. The molecule has 1 aromatic heterocycles. The fourth-order valence-corrected chi connectivity index (χ4v) is 13.5. The second-order valence-corrected chi connectivity index (χ2v) is 20.4. The predicted octanol–water partition coefficient (Wildman–Crippen LogP) is 6.39. The van der Waals surface area contributed by atoms with Crippen LogP contribution < -0.4 is 19.7 Å². The Morgan fingerprint density at radius 2 is 1.69 bits per heavy atom. The van der Waals surface area contributed by atoms with Crippen LogP contribution in [-0.4, -0.2) is 66.4 Å². The molecule has 3 aliphatic heterocycles. The summed E-state index contributed by atoms with van der Waals surface area (Å²) >= 11 is 0. The van der Waals surface area contributed by atoms with Gasteiger partial charge in [-0.2, -0.15) is 0 Å². The number of benzene rings is 4. The molecular formula is C44H49N5O5Si. The van der Waals surface area contributed by atoms with E-state index in [1.165, 1.54) is 5.19 Å². The first-order valence-corrected chi connectivity index (χ1v) is 22.4. The summed E-state index contributed by atoms with van der Waals surface area (Å²) in [7, 11) is -0.656. The molecule has 284 valence electrons. The molecule has 2 fully saturated rings. The molecule has 0 aliphatic carbocycles. The van der Waals surface area contributed by atoms with E-state index in [4.69, 9.17) is 9.47 Å². The Kier molecular flexibility index (Phi) is 9.95. The quantitative estimate of drug-likeness (QED) is 0.147. The molecule has 0 radical (unpaired) electrons. The topological polar surface area (TPSA) is 110 Å². The third-order valence-electron chi connectivity index (χ3n) is 12.3. The van der Waals surface area contributed by atoms with Gasteiger partial charge in [-0.15, -0.1) is 5.10 Å². The Balaban J connectivity index is 1.11. The first kappa shape index (κ1) is 36.9.